The van der Waals surface area contributed by atoms with Crippen LogP contribution >= 0.6 is 0 Å². The number of benzene rings is 1. The molecule has 0 aromatic heterocycles. The van der Waals surface area contributed by atoms with Crippen molar-refractivity contribution in [2.75, 3.05) is 32.7 Å². The number of aromatic hydroxyl groups is 1. The van der Waals surface area contributed by atoms with Crippen LogP contribution in [0, 0.1) is 5.92 Å². The van der Waals surface area contributed by atoms with Crippen LogP contribution in [-0.4, -0.2) is 177 Å². The molecular formula is C51H81N13O13. The topological polar surface area (TPSA) is 428 Å². The van der Waals surface area contributed by atoms with E-state index in [1.54, 1.807) is 0 Å². The summed E-state index contributed by atoms with van der Waals surface area (Å²) >= 11 is 0. The zero-order chi connectivity index (χ0) is 56.9. The lowest BCUT2D eigenvalue weighted by atomic mass is 10.0. The number of likely N-dealkylation sites (tertiary alicyclic amines) is 3. The number of aliphatic carboxylic acids is 1. The maximum atomic E-state index is 14.7. The molecule has 26 nitrogen and oxygen atoms in total. The number of nitrogens with zero attached hydrogens (tertiary/aromatic N) is 3. The van der Waals surface area contributed by atoms with Gasteiger partial charge in [-0.05, 0) is 127 Å². The number of rotatable bonds is 31. The molecular weight excluding hydrogens is 1000 g/mol. The van der Waals surface area contributed by atoms with E-state index in [9.17, 15) is 63.0 Å². The lowest BCUT2D eigenvalue weighted by molar-refractivity contribution is -0.151. The van der Waals surface area contributed by atoms with Gasteiger partial charge >= 0.3 is 5.97 Å². The second-order valence-electron chi connectivity index (χ2n) is 20.6. The number of phenolic OH excluding ortho intramolecular Hbond substituents is 1. The third-order valence-electron chi connectivity index (χ3n) is 14.0. The molecule has 0 unspecified atom stereocenters. The molecule has 0 bridgehead atoms. The summed E-state index contributed by atoms with van der Waals surface area (Å²) in [5, 5.41) is 32.6. The Kier molecular flexibility index (Phi) is 25.0. The minimum Gasteiger partial charge on any atom is -0.508 e. The van der Waals surface area contributed by atoms with Gasteiger partial charge in [0, 0.05) is 32.5 Å². The molecule has 3 saturated heterocycles. The lowest BCUT2D eigenvalue weighted by Crippen LogP contribution is -2.60. The third-order valence-corrected chi connectivity index (χ3v) is 14.0. The quantitative estimate of drug-likeness (QED) is 0.0334. The van der Waals surface area contributed by atoms with Gasteiger partial charge < -0.3 is 80.2 Å². The van der Waals surface area contributed by atoms with Gasteiger partial charge in [-0.3, -0.25) is 47.9 Å². The van der Waals surface area contributed by atoms with Crippen molar-refractivity contribution in [3.05, 3.63) is 29.8 Å². The summed E-state index contributed by atoms with van der Waals surface area (Å²) in [6.45, 7) is 4.73. The molecule has 10 amide bonds. The van der Waals surface area contributed by atoms with Crippen molar-refractivity contribution in [2.45, 2.75) is 177 Å². The number of phenols is 1. The number of carbonyl (C=O) groups is 11. The second kappa shape index (κ2) is 30.7. The number of carboxylic acid groups (broad SMARTS) is 1. The summed E-state index contributed by atoms with van der Waals surface area (Å²) in [6.07, 6.45) is 2.77. The number of amides is 10. The third kappa shape index (κ3) is 18.9. The lowest BCUT2D eigenvalue weighted by Gasteiger charge is -2.35. The Morgan fingerprint density at radius 1 is 0.584 bits per heavy atom. The fourth-order valence-electron chi connectivity index (χ4n) is 9.98. The molecule has 26 heteroatoms. The number of hydrogen-bond acceptors (Lipinski definition) is 15. The van der Waals surface area contributed by atoms with Crippen LogP contribution in [0.15, 0.2) is 24.3 Å². The van der Waals surface area contributed by atoms with E-state index < -0.39 is 126 Å². The Morgan fingerprint density at radius 2 is 1.06 bits per heavy atom. The molecule has 77 heavy (non-hydrogen) atoms. The smallest absolute Gasteiger partial charge is 0.326 e. The second-order valence-corrected chi connectivity index (χ2v) is 20.6. The van der Waals surface area contributed by atoms with E-state index in [0.29, 0.717) is 57.1 Å². The van der Waals surface area contributed by atoms with Crippen molar-refractivity contribution in [1.29, 1.82) is 0 Å². The monoisotopic (exact) mass is 1080 g/mol. The van der Waals surface area contributed by atoms with Crippen LogP contribution in [0.2, 0.25) is 0 Å². The summed E-state index contributed by atoms with van der Waals surface area (Å²) in [4.78, 5) is 153. The van der Waals surface area contributed by atoms with Crippen LogP contribution in [0.1, 0.15) is 122 Å². The number of primary amides is 2. The van der Waals surface area contributed by atoms with Gasteiger partial charge in [-0.2, -0.15) is 0 Å². The standard InChI is InChI=1S/C51H81N13O13/c1-29(2)26-32(54)43(68)60-37(28-42(56)67)46(71)61-36(27-30-15-17-31(65)18-16-30)45(70)58-34(10-3-5-21-52)48(73)63-24-8-13-39(63)50(75)64-25-9-14-40(64)49(74)62-23-7-12-38(62)47(72)57-33(19-20-41(55)66)44(69)59-35(51(76)77)11-4-6-22-53/h15-18,29,32-40,65H,3-14,19-28,52-54H2,1-2H3,(H2,55,66)(H2,56,67)(H,57,72)(H,58,70)(H,59,69)(H,60,68)(H,61,71)(H,76,77)/t32-,33-,34-,35-,36-,37-,38-,39-,40-/m0/s1. The first-order valence-electron chi connectivity index (χ1n) is 26.7. The number of carboxylic acids is 1. The zero-order valence-electron chi connectivity index (χ0n) is 44.3. The SMILES string of the molecule is CC(C)C[C@H](N)C(=O)N[C@@H](CC(N)=O)C(=O)N[C@@H](Cc1ccc(O)cc1)C(=O)N[C@@H](CCCCN)C(=O)N1CCC[C@H]1C(=O)N1CCC[C@H]1C(=O)N1CCC[C@H]1C(=O)N[C@@H](CCC(N)=O)C(=O)N[C@@H](CCCCN)C(=O)O. The van der Waals surface area contributed by atoms with E-state index in [0.717, 1.165) is 0 Å². The van der Waals surface area contributed by atoms with Crippen molar-refractivity contribution in [2.24, 2.45) is 34.6 Å². The normalized spacial score (nSPS) is 19.6. The first-order valence-corrected chi connectivity index (χ1v) is 26.7. The summed E-state index contributed by atoms with van der Waals surface area (Å²) < 4.78 is 0. The van der Waals surface area contributed by atoms with Crippen LogP contribution < -0.4 is 55.3 Å². The predicted octanol–water partition coefficient (Wildman–Crippen LogP) is -2.81. The minimum atomic E-state index is -1.52. The maximum Gasteiger partial charge on any atom is 0.326 e. The summed E-state index contributed by atoms with van der Waals surface area (Å²) in [5.41, 5.74) is 28.7. The van der Waals surface area contributed by atoms with Gasteiger partial charge in [0.15, 0.2) is 0 Å². The number of carbonyl (C=O) groups excluding carboxylic acids is 10. The molecule has 1 aromatic rings. The Hall–Kier alpha value is -6.93. The van der Waals surface area contributed by atoms with Crippen molar-refractivity contribution < 1.29 is 63.0 Å². The predicted molar refractivity (Wildman–Crippen MR) is 279 cm³/mol. The van der Waals surface area contributed by atoms with Crippen LogP contribution in [0.4, 0.5) is 0 Å². The molecule has 0 spiro atoms. The molecule has 3 fully saturated rings. The highest BCUT2D eigenvalue weighted by Crippen LogP contribution is 2.29. The van der Waals surface area contributed by atoms with Crippen molar-refractivity contribution in [1.82, 2.24) is 41.3 Å². The van der Waals surface area contributed by atoms with Crippen LogP contribution in [0.25, 0.3) is 0 Å². The molecule has 4 rings (SSSR count). The van der Waals surface area contributed by atoms with Crippen molar-refractivity contribution in [3.63, 3.8) is 0 Å². The molecule has 17 N–H and O–H groups in total. The van der Waals surface area contributed by atoms with E-state index in [2.05, 4.69) is 26.6 Å². The Morgan fingerprint density at radius 3 is 1.61 bits per heavy atom. The van der Waals surface area contributed by atoms with Crippen molar-refractivity contribution in [3.8, 4) is 5.75 Å². The Balaban J connectivity index is 1.53. The molecule has 9 atom stereocenters. The van der Waals surface area contributed by atoms with Gasteiger partial charge in [-0.25, -0.2) is 4.79 Å². The highest BCUT2D eigenvalue weighted by atomic mass is 16.4. The van der Waals surface area contributed by atoms with Crippen LogP contribution in [-0.2, 0) is 59.2 Å². The van der Waals surface area contributed by atoms with E-state index in [1.807, 2.05) is 13.8 Å². The first kappa shape index (κ1) is 62.6. The van der Waals surface area contributed by atoms with E-state index in [4.69, 9.17) is 28.7 Å². The van der Waals surface area contributed by atoms with Gasteiger partial charge in [0.1, 0.15) is 54.1 Å². The molecule has 3 aliphatic heterocycles. The molecule has 0 radical (unpaired) electrons. The molecule has 0 saturated carbocycles. The Labute approximate surface area is 448 Å². The van der Waals surface area contributed by atoms with Crippen LogP contribution in [0.3, 0.4) is 0 Å². The molecule has 1 aromatic carbocycles. The summed E-state index contributed by atoms with van der Waals surface area (Å²) in [5.74, 6) is -8.69. The molecule has 3 heterocycles. The van der Waals surface area contributed by atoms with Crippen LogP contribution in [0.5, 0.6) is 5.75 Å². The van der Waals surface area contributed by atoms with Crippen molar-refractivity contribution >= 4 is 65.0 Å². The largest absolute Gasteiger partial charge is 0.508 e. The number of unbranched alkanes of at least 4 members (excludes halogenated alkanes) is 2. The molecule has 0 aliphatic carbocycles. The molecule has 3 aliphatic rings. The number of nitrogens with two attached hydrogens (primary N) is 5. The molecule has 428 valence electrons. The van der Waals surface area contributed by atoms with E-state index in [-0.39, 0.29) is 95.6 Å². The van der Waals surface area contributed by atoms with E-state index in [1.165, 1.54) is 39.0 Å². The number of nitrogens with one attached hydrogen (secondary N) is 5. The van der Waals surface area contributed by atoms with Gasteiger partial charge in [0.05, 0.1) is 12.5 Å². The zero-order valence-corrected chi connectivity index (χ0v) is 44.3. The first-order chi connectivity index (χ1) is 36.6. The van der Waals surface area contributed by atoms with Gasteiger partial charge in [0.25, 0.3) is 0 Å². The van der Waals surface area contributed by atoms with Gasteiger partial charge in [-0.1, -0.05) is 26.0 Å². The number of hydrogen-bond donors (Lipinski definition) is 12. The highest BCUT2D eigenvalue weighted by Gasteiger charge is 2.47. The van der Waals surface area contributed by atoms with E-state index >= 15 is 0 Å². The summed E-state index contributed by atoms with van der Waals surface area (Å²) in [7, 11) is 0. The highest BCUT2D eigenvalue weighted by molar-refractivity contribution is 5.99. The average molecular weight is 1080 g/mol. The van der Waals surface area contributed by atoms with Gasteiger partial charge in [0.2, 0.25) is 59.1 Å². The maximum absolute atomic E-state index is 14.7. The summed E-state index contributed by atoms with van der Waals surface area (Å²) in [6, 6.07) is -5.19. The fourth-order valence-corrected chi connectivity index (χ4v) is 9.98. The van der Waals surface area contributed by atoms with Gasteiger partial charge in [-0.15, -0.1) is 0 Å². The minimum absolute atomic E-state index is 0.0254. The average Bonchev–Trinajstić information content (AvgIpc) is 4.19. The Bertz CT molecular complexity index is 2250. The fraction of sp³-hybridized carbons (Fsp3) is 0.667.